The highest BCUT2D eigenvalue weighted by atomic mass is 19.1. The molecular formula is C15H22FNO. The van der Waals surface area contributed by atoms with Crippen LogP contribution in [-0.4, -0.2) is 12.3 Å². The predicted molar refractivity (Wildman–Crippen MR) is 72.2 cm³/mol. The Morgan fingerprint density at radius 1 is 1.33 bits per heavy atom. The number of hydrogen-bond donors (Lipinski definition) is 1. The van der Waals surface area contributed by atoms with E-state index in [1.165, 1.54) is 6.07 Å². The third-order valence-electron chi connectivity index (χ3n) is 3.33. The largest absolute Gasteiger partial charge is 0.330 e. The zero-order chi connectivity index (χ0) is 13.8. The van der Waals surface area contributed by atoms with Gasteiger partial charge in [0.25, 0.3) is 0 Å². The van der Waals surface area contributed by atoms with Gasteiger partial charge in [0.2, 0.25) is 0 Å². The molecule has 0 atom stereocenters. The van der Waals surface area contributed by atoms with Crippen molar-refractivity contribution in [3.8, 4) is 0 Å². The SMILES string of the molecule is Cc1cc(C(=O)CCC(C)(C)CCN)ccc1F. The Bertz CT molecular complexity index is 427. The predicted octanol–water partition coefficient (Wildman–Crippen LogP) is 3.47. The second kappa shape index (κ2) is 6.10. The van der Waals surface area contributed by atoms with Gasteiger partial charge in [0.1, 0.15) is 5.82 Å². The number of benzene rings is 1. The van der Waals surface area contributed by atoms with Crippen molar-refractivity contribution in [1.82, 2.24) is 0 Å². The quantitative estimate of drug-likeness (QED) is 0.787. The molecule has 18 heavy (non-hydrogen) atoms. The average Bonchev–Trinajstić information content (AvgIpc) is 2.30. The third-order valence-corrected chi connectivity index (χ3v) is 3.33. The second-order valence-electron chi connectivity index (χ2n) is 5.59. The Labute approximate surface area is 108 Å². The van der Waals surface area contributed by atoms with Crippen molar-refractivity contribution in [1.29, 1.82) is 0 Å². The standard InChI is InChI=1S/C15H22FNO/c1-11-10-12(4-5-13(11)16)14(18)6-7-15(2,3)8-9-17/h4-5,10H,6-9,17H2,1-3H3. The lowest BCUT2D eigenvalue weighted by molar-refractivity contribution is 0.0961. The number of nitrogens with two attached hydrogens (primary N) is 1. The number of aryl methyl sites for hydroxylation is 1. The molecule has 2 nitrogen and oxygen atoms in total. The Morgan fingerprint density at radius 3 is 2.56 bits per heavy atom. The van der Waals surface area contributed by atoms with E-state index in [2.05, 4.69) is 13.8 Å². The van der Waals surface area contributed by atoms with Gasteiger partial charge < -0.3 is 5.73 Å². The smallest absolute Gasteiger partial charge is 0.162 e. The van der Waals surface area contributed by atoms with Crippen molar-refractivity contribution < 1.29 is 9.18 Å². The normalized spacial score (nSPS) is 11.6. The molecule has 0 aromatic heterocycles. The first-order valence-electron chi connectivity index (χ1n) is 6.35. The van der Waals surface area contributed by atoms with Crippen molar-refractivity contribution >= 4 is 5.78 Å². The van der Waals surface area contributed by atoms with Gasteiger partial charge >= 0.3 is 0 Å². The number of rotatable bonds is 6. The Morgan fingerprint density at radius 2 is 2.00 bits per heavy atom. The Balaban J connectivity index is 2.63. The molecule has 0 radical (unpaired) electrons. The van der Waals surface area contributed by atoms with Crippen LogP contribution in [0.3, 0.4) is 0 Å². The second-order valence-corrected chi connectivity index (χ2v) is 5.59. The van der Waals surface area contributed by atoms with Crippen molar-refractivity contribution in [2.75, 3.05) is 6.54 Å². The lowest BCUT2D eigenvalue weighted by Gasteiger charge is -2.23. The maximum Gasteiger partial charge on any atom is 0.162 e. The van der Waals surface area contributed by atoms with Crippen LogP contribution in [0.5, 0.6) is 0 Å². The van der Waals surface area contributed by atoms with E-state index in [1.807, 2.05) is 0 Å². The van der Waals surface area contributed by atoms with Gasteiger partial charge in [-0.3, -0.25) is 4.79 Å². The number of halogens is 1. The van der Waals surface area contributed by atoms with E-state index < -0.39 is 0 Å². The van der Waals surface area contributed by atoms with E-state index in [4.69, 9.17) is 5.73 Å². The highest BCUT2D eigenvalue weighted by Crippen LogP contribution is 2.27. The van der Waals surface area contributed by atoms with Crippen molar-refractivity contribution in [3.05, 3.63) is 35.1 Å². The molecule has 0 saturated heterocycles. The molecule has 2 N–H and O–H groups in total. The Kier molecular flexibility index (Phi) is 5.03. The van der Waals surface area contributed by atoms with Crippen molar-refractivity contribution in [2.24, 2.45) is 11.1 Å². The number of ketones is 1. The first-order chi connectivity index (χ1) is 8.35. The highest BCUT2D eigenvalue weighted by Gasteiger charge is 2.19. The molecule has 0 unspecified atom stereocenters. The minimum absolute atomic E-state index is 0.0724. The maximum absolute atomic E-state index is 13.1. The summed E-state index contributed by atoms with van der Waals surface area (Å²) in [6, 6.07) is 4.53. The number of carbonyl (C=O) groups excluding carboxylic acids is 1. The van der Waals surface area contributed by atoms with Crippen LogP contribution in [0.25, 0.3) is 0 Å². The first kappa shape index (κ1) is 14.8. The van der Waals surface area contributed by atoms with E-state index in [0.29, 0.717) is 24.1 Å². The van der Waals surface area contributed by atoms with Gasteiger partial charge in [-0.05, 0) is 55.5 Å². The summed E-state index contributed by atoms with van der Waals surface area (Å²) in [5, 5.41) is 0. The molecule has 0 saturated carbocycles. The highest BCUT2D eigenvalue weighted by molar-refractivity contribution is 5.96. The first-order valence-corrected chi connectivity index (χ1v) is 6.35. The molecule has 0 aliphatic carbocycles. The van der Waals surface area contributed by atoms with Gasteiger partial charge in [-0.1, -0.05) is 13.8 Å². The monoisotopic (exact) mass is 251 g/mol. The van der Waals surface area contributed by atoms with E-state index in [1.54, 1.807) is 19.1 Å². The summed E-state index contributed by atoms with van der Waals surface area (Å²) in [5.74, 6) is -0.196. The summed E-state index contributed by atoms with van der Waals surface area (Å²) in [6.45, 7) is 6.54. The van der Waals surface area contributed by atoms with Gasteiger partial charge in [0.15, 0.2) is 5.78 Å². The zero-order valence-electron chi connectivity index (χ0n) is 11.4. The summed E-state index contributed by atoms with van der Waals surface area (Å²) < 4.78 is 13.1. The molecule has 0 fully saturated rings. The molecule has 1 rings (SSSR count). The fraction of sp³-hybridized carbons (Fsp3) is 0.533. The van der Waals surface area contributed by atoms with Crippen LogP contribution in [0.2, 0.25) is 0 Å². The van der Waals surface area contributed by atoms with Gasteiger partial charge in [-0.2, -0.15) is 0 Å². The molecule has 0 amide bonds. The summed E-state index contributed by atoms with van der Waals surface area (Å²) in [6.07, 6.45) is 2.19. The summed E-state index contributed by atoms with van der Waals surface area (Å²) >= 11 is 0. The topological polar surface area (TPSA) is 43.1 Å². The minimum Gasteiger partial charge on any atom is -0.330 e. The average molecular weight is 251 g/mol. The lowest BCUT2D eigenvalue weighted by Crippen LogP contribution is -2.18. The molecule has 100 valence electrons. The molecule has 0 aliphatic heterocycles. The molecule has 0 spiro atoms. The Hall–Kier alpha value is -1.22. The minimum atomic E-state index is -0.269. The van der Waals surface area contributed by atoms with Crippen molar-refractivity contribution in [2.45, 2.75) is 40.0 Å². The number of carbonyl (C=O) groups is 1. The van der Waals surface area contributed by atoms with Gasteiger partial charge in [0.05, 0.1) is 0 Å². The molecule has 0 aliphatic rings. The molecule has 0 heterocycles. The molecule has 0 bridgehead atoms. The third kappa shape index (κ3) is 4.22. The number of Topliss-reactive ketones (excluding diaryl/α,β-unsaturated/α-hetero) is 1. The van der Waals surface area contributed by atoms with Crippen LogP contribution in [0.15, 0.2) is 18.2 Å². The van der Waals surface area contributed by atoms with Crippen LogP contribution in [0, 0.1) is 18.2 Å². The number of hydrogen-bond acceptors (Lipinski definition) is 2. The molecular weight excluding hydrogens is 229 g/mol. The van der Waals surface area contributed by atoms with Crippen LogP contribution < -0.4 is 5.73 Å². The molecule has 1 aromatic rings. The fourth-order valence-electron chi connectivity index (χ4n) is 1.93. The van der Waals surface area contributed by atoms with Gasteiger partial charge in [0, 0.05) is 12.0 Å². The zero-order valence-corrected chi connectivity index (χ0v) is 11.4. The summed E-state index contributed by atoms with van der Waals surface area (Å²) in [4.78, 5) is 12.0. The molecule has 1 aromatic carbocycles. The van der Waals surface area contributed by atoms with E-state index in [9.17, 15) is 9.18 Å². The van der Waals surface area contributed by atoms with E-state index >= 15 is 0 Å². The van der Waals surface area contributed by atoms with Gasteiger partial charge in [-0.25, -0.2) is 4.39 Å². The summed E-state index contributed by atoms with van der Waals surface area (Å²) in [7, 11) is 0. The van der Waals surface area contributed by atoms with E-state index in [-0.39, 0.29) is 17.0 Å². The van der Waals surface area contributed by atoms with Gasteiger partial charge in [-0.15, -0.1) is 0 Å². The lowest BCUT2D eigenvalue weighted by atomic mass is 9.83. The van der Waals surface area contributed by atoms with Crippen molar-refractivity contribution in [3.63, 3.8) is 0 Å². The summed E-state index contributed by atoms with van der Waals surface area (Å²) in [5.41, 5.74) is 6.74. The maximum atomic E-state index is 13.1. The van der Waals surface area contributed by atoms with Crippen LogP contribution >= 0.6 is 0 Å². The van der Waals surface area contributed by atoms with Crippen LogP contribution in [0.1, 0.15) is 49.0 Å². The van der Waals surface area contributed by atoms with Crippen LogP contribution in [0.4, 0.5) is 4.39 Å². The van der Waals surface area contributed by atoms with E-state index in [0.717, 1.165) is 12.8 Å². The van der Waals surface area contributed by atoms with Crippen LogP contribution in [-0.2, 0) is 0 Å². The fourth-order valence-corrected chi connectivity index (χ4v) is 1.93. The molecule has 3 heteroatoms.